The van der Waals surface area contributed by atoms with Gasteiger partial charge in [0.25, 0.3) is 0 Å². The first kappa shape index (κ1) is 19.1. The van der Waals surface area contributed by atoms with E-state index in [1.54, 1.807) is 30.6 Å². The Balaban J connectivity index is 1.31. The van der Waals surface area contributed by atoms with E-state index in [9.17, 15) is 9.59 Å². The van der Waals surface area contributed by atoms with Crippen LogP contribution in [0.5, 0.6) is 0 Å². The number of rotatable bonds is 5. The Hall–Kier alpha value is -3.22. The average molecular weight is 391 g/mol. The van der Waals surface area contributed by atoms with Crippen LogP contribution in [0.2, 0.25) is 0 Å². The molecular weight excluding hydrogens is 366 g/mol. The molecule has 2 aliphatic heterocycles. The molecule has 1 aromatic heterocycles. The van der Waals surface area contributed by atoms with Crippen LogP contribution < -0.4 is 15.1 Å². The standard InChI is InChI=1S/C22H25N5O2/c28-20(25-18-4-1-14-26(16-18)22-23-12-3-13-24-22)11-8-17-6-9-19(10-7-17)27-15-2-5-21(27)29/h3,6-13,18H,1-2,4-5,14-16H2,(H,25,28)/b11-8+. The zero-order valence-electron chi connectivity index (χ0n) is 16.3. The predicted octanol–water partition coefficient (Wildman–Crippen LogP) is 2.40. The lowest BCUT2D eigenvalue weighted by Crippen LogP contribution is -2.47. The van der Waals surface area contributed by atoms with Crippen molar-refractivity contribution in [3.05, 3.63) is 54.4 Å². The number of benzene rings is 1. The van der Waals surface area contributed by atoms with Crippen molar-refractivity contribution in [3.63, 3.8) is 0 Å². The highest BCUT2D eigenvalue weighted by Crippen LogP contribution is 2.22. The Bertz CT molecular complexity index is 882. The molecule has 0 bridgehead atoms. The third kappa shape index (κ3) is 4.80. The summed E-state index contributed by atoms with van der Waals surface area (Å²) in [7, 11) is 0. The third-order valence-corrected chi connectivity index (χ3v) is 5.31. The number of carbonyl (C=O) groups is 2. The molecule has 2 aromatic rings. The van der Waals surface area contributed by atoms with Gasteiger partial charge in [-0.25, -0.2) is 9.97 Å². The molecule has 4 rings (SSSR count). The lowest BCUT2D eigenvalue weighted by molar-refractivity contribution is -0.117. The van der Waals surface area contributed by atoms with Gasteiger partial charge in [-0.1, -0.05) is 12.1 Å². The maximum Gasteiger partial charge on any atom is 0.244 e. The van der Waals surface area contributed by atoms with E-state index in [2.05, 4.69) is 20.2 Å². The molecule has 2 fully saturated rings. The van der Waals surface area contributed by atoms with Gasteiger partial charge in [-0.2, -0.15) is 0 Å². The summed E-state index contributed by atoms with van der Waals surface area (Å²) in [6.07, 6.45) is 10.3. The SMILES string of the molecule is O=C(/C=C/c1ccc(N2CCCC2=O)cc1)NC1CCCN(c2ncccn2)C1. The van der Waals surface area contributed by atoms with Crippen molar-refractivity contribution < 1.29 is 9.59 Å². The van der Waals surface area contributed by atoms with Gasteiger partial charge in [0.05, 0.1) is 0 Å². The lowest BCUT2D eigenvalue weighted by Gasteiger charge is -2.32. The average Bonchev–Trinajstić information content (AvgIpc) is 3.19. The van der Waals surface area contributed by atoms with Gasteiger partial charge in [-0.3, -0.25) is 9.59 Å². The smallest absolute Gasteiger partial charge is 0.244 e. The number of nitrogens with zero attached hydrogens (tertiary/aromatic N) is 4. The highest BCUT2D eigenvalue weighted by molar-refractivity contribution is 5.95. The summed E-state index contributed by atoms with van der Waals surface area (Å²) >= 11 is 0. The van der Waals surface area contributed by atoms with Crippen LogP contribution in [0.1, 0.15) is 31.2 Å². The number of nitrogens with one attached hydrogen (secondary N) is 1. The minimum absolute atomic E-state index is 0.0771. The minimum Gasteiger partial charge on any atom is -0.348 e. The topological polar surface area (TPSA) is 78.4 Å². The molecule has 0 radical (unpaired) electrons. The highest BCUT2D eigenvalue weighted by atomic mass is 16.2. The van der Waals surface area contributed by atoms with E-state index in [1.807, 2.05) is 29.2 Å². The molecular formula is C22H25N5O2. The van der Waals surface area contributed by atoms with Gasteiger partial charge in [0.15, 0.2) is 0 Å². The predicted molar refractivity (Wildman–Crippen MR) is 112 cm³/mol. The second-order valence-corrected chi connectivity index (χ2v) is 7.42. The van der Waals surface area contributed by atoms with E-state index in [-0.39, 0.29) is 17.9 Å². The lowest BCUT2D eigenvalue weighted by atomic mass is 10.1. The van der Waals surface area contributed by atoms with Crippen LogP contribution >= 0.6 is 0 Å². The summed E-state index contributed by atoms with van der Waals surface area (Å²) in [6, 6.07) is 9.60. The maximum absolute atomic E-state index is 12.3. The molecule has 0 aliphatic carbocycles. The first-order chi connectivity index (χ1) is 14.2. The first-order valence-corrected chi connectivity index (χ1v) is 10.1. The molecule has 150 valence electrons. The zero-order valence-corrected chi connectivity index (χ0v) is 16.3. The first-order valence-electron chi connectivity index (χ1n) is 10.1. The molecule has 2 saturated heterocycles. The Labute approximate surface area is 170 Å². The quantitative estimate of drug-likeness (QED) is 0.792. The van der Waals surface area contributed by atoms with E-state index in [4.69, 9.17) is 0 Å². The zero-order chi connectivity index (χ0) is 20.1. The maximum atomic E-state index is 12.3. The number of hydrogen-bond acceptors (Lipinski definition) is 5. The van der Waals surface area contributed by atoms with Crippen LogP contribution in [-0.2, 0) is 9.59 Å². The molecule has 1 unspecified atom stereocenters. The summed E-state index contributed by atoms with van der Waals surface area (Å²) in [5, 5.41) is 3.07. The van der Waals surface area contributed by atoms with E-state index in [1.165, 1.54) is 0 Å². The summed E-state index contributed by atoms with van der Waals surface area (Å²) in [5.41, 5.74) is 1.85. The Morgan fingerprint density at radius 3 is 2.62 bits per heavy atom. The van der Waals surface area contributed by atoms with Gasteiger partial charge in [-0.15, -0.1) is 0 Å². The summed E-state index contributed by atoms with van der Waals surface area (Å²) in [5.74, 6) is 0.776. The molecule has 3 heterocycles. The second kappa shape index (κ2) is 8.86. The molecule has 0 spiro atoms. The van der Waals surface area contributed by atoms with Crippen molar-refractivity contribution in [2.24, 2.45) is 0 Å². The molecule has 2 amide bonds. The molecule has 2 aliphatic rings. The molecule has 1 atom stereocenters. The fourth-order valence-corrected chi connectivity index (χ4v) is 3.84. The summed E-state index contributed by atoms with van der Waals surface area (Å²) < 4.78 is 0. The van der Waals surface area contributed by atoms with Crippen molar-refractivity contribution in [3.8, 4) is 0 Å². The normalized spacial score (nSPS) is 19.7. The van der Waals surface area contributed by atoms with Crippen molar-refractivity contribution in [1.29, 1.82) is 0 Å². The van der Waals surface area contributed by atoms with Crippen molar-refractivity contribution in [2.45, 2.75) is 31.7 Å². The Kier molecular flexibility index (Phi) is 5.84. The number of piperidine rings is 1. The van der Waals surface area contributed by atoms with Crippen LogP contribution in [-0.4, -0.2) is 47.5 Å². The van der Waals surface area contributed by atoms with Gasteiger partial charge >= 0.3 is 0 Å². The Morgan fingerprint density at radius 2 is 1.90 bits per heavy atom. The van der Waals surface area contributed by atoms with Crippen molar-refractivity contribution in [2.75, 3.05) is 29.4 Å². The van der Waals surface area contributed by atoms with Crippen LogP contribution in [0.3, 0.4) is 0 Å². The van der Waals surface area contributed by atoms with Gasteiger partial charge in [0, 0.05) is 56.3 Å². The van der Waals surface area contributed by atoms with E-state index in [0.29, 0.717) is 18.9 Å². The number of anilines is 2. The fraction of sp³-hybridized carbons (Fsp3) is 0.364. The summed E-state index contributed by atoms with van der Waals surface area (Å²) in [6.45, 7) is 2.39. The molecule has 7 nitrogen and oxygen atoms in total. The van der Waals surface area contributed by atoms with Crippen LogP contribution in [0.4, 0.5) is 11.6 Å². The van der Waals surface area contributed by atoms with E-state index >= 15 is 0 Å². The van der Waals surface area contributed by atoms with Crippen LogP contribution in [0, 0.1) is 0 Å². The monoisotopic (exact) mass is 391 g/mol. The molecule has 1 aromatic carbocycles. The molecule has 1 N–H and O–H groups in total. The van der Waals surface area contributed by atoms with Crippen molar-refractivity contribution in [1.82, 2.24) is 15.3 Å². The highest BCUT2D eigenvalue weighted by Gasteiger charge is 2.23. The number of amides is 2. The number of carbonyl (C=O) groups excluding carboxylic acids is 2. The third-order valence-electron chi connectivity index (χ3n) is 5.31. The van der Waals surface area contributed by atoms with Crippen LogP contribution in [0.25, 0.3) is 6.08 Å². The van der Waals surface area contributed by atoms with Gasteiger partial charge in [0.1, 0.15) is 0 Å². The van der Waals surface area contributed by atoms with E-state index < -0.39 is 0 Å². The number of aromatic nitrogens is 2. The minimum atomic E-state index is -0.107. The largest absolute Gasteiger partial charge is 0.348 e. The second-order valence-electron chi connectivity index (χ2n) is 7.42. The number of hydrogen-bond donors (Lipinski definition) is 1. The van der Waals surface area contributed by atoms with Gasteiger partial charge < -0.3 is 15.1 Å². The summed E-state index contributed by atoms with van der Waals surface area (Å²) in [4.78, 5) is 36.7. The van der Waals surface area contributed by atoms with Gasteiger partial charge in [0.2, 0.25) is 17.8 Å². The van der Waals surface area contributed by atoms with E-state index in [0.717, 1.165) is 43.6 Å². The van der Waals surface area contributed by atoms with Crippen LogP contribution in [0.15, 0.2) is 48.8 Å². The Morgan fingerprint density at radius 1 is 1.10 bits per heavy atom. The molecule has 0 saturated carbocycles. The van der Waals surface area contributed by atoms with Gasteiger partial charge in [-0.05, 0) is 49.1 Å². The molecule has 29 heavy (non-hydrogen) atoms. The molecule has 7 heteroatoms. The fourth-order valence-electron chi connectivity index (χ4n) is 3.84. The van der Waals surface area contributed by atoms with Crippen molar-refractivity contribution >= 4 is 29.5 Å².